The van der Waals surface area contributed by atoms with Crippen molar-refractivity contribution >= 4 is 11.6 Å². The van der Waals surface area contributed by atoms with Gasteiger partial charge in [0, 0.05) is 5.69 Å². The van der Waals surface area contributed by atoms with Crippen LogP contribution >= 0.6 is 0 Å². The van der Waals surface area contributed by atoms with Gasteiger partial charge in [0.1, 0.15) is 17.3 Å². The van der Waals surface area contributed by atoms with E-state index in [1.54, 1.807) is 0 Å². The van der Waals surface area contributed by atoms with Crippen LogP contribution in [0.5, 0.6) is 5.75 Å². The van der Waals surface area contributed by atoms with E-state index in [1.165, 1.54) is 25.1 Å². The lowest BCUT2D eigenvalue weighted by Gasteiger charge is -2.09. The number of rotatable bonds is 3. The topological polar surface area (TPSA) is 51.2 Å². The molecule has 2 rings (SSSR count). The molecule has 0 unspecified atom stereocenters. The monoisotopic (exact) mass is 314 g/mol. The minimum absolute atomic E-state index is 0.100. The van der Waals surface area contributed by atoms with Crippen molar-refractivity contribution in [2.45, 2.75) is 13.3 Å². The van der Waals surface area contributed by atoms with Crippen molar-refractivity contribution in [1.29, 1.82) is 0 Å². The molecular weight excluding hydrogens is 304 g/mol. The zero-order chi connectivity index (χ0) is 16.3. The molecule has 0 spiro atoms. The van der Waals surface area contributed by atoms with Gasteiger partial charge in [0.2, 0.25) is 0 Å². The van der Waals surface area contributed by atoms with Crippen molar-refractivity contribution in [2.24, 2.45) is 0 Å². The zero-order valence-electron chi connectivity index (χ0n) is 11.2. The molecule has 1 N–H and O–H groups in total. The normalized spacial score (nSPS) is 11.1. The smallest absolute Gasteiger partial charge is 0.404 e. The predicted molar refractivity (Wildman–Crippen MR) is 70.0 cm³/mol. The van der Waals surface area contributed by atoms with Crippen LogP contribution in [0, 0.1) is 12.7 Å². The number of anilines is 1. The fourth-order valence-corrected chi connectivity index (χ4v) is 1.63. The molecule has 8 heteroatoms. The number of halogens is 4. The number of pyridine rings is 1. The van der Waals surface area contributed by atoms with E-state index in [0.29, 0.717) is 11.3 Å². The van der Waals surface area contributed by atoms with Gasteiger partial charge in [-0.3, -0.25) is 4.79 Å². The second kappa shape index (κ2) is 6.00. The third-order valence-corrected chi connectivity index (χ3v) is 2.62. The number of hydrogen-bond acceptors (Lipinski definition) is 3. The first-order valence-corrected chi connectivity index (χ1v) is 6.04. The number of aromatic nitrogens is 1. The Hall–Kier alpha value is -2.64. The number of carbonyl (C=O) groups is 1. The molecule has 4 nitrogen and oxygen atoms in total. The van der Waals surface area contributed by atoms with Gasteiger partial charge in [-0.1, -0.05) is 0 Å². The minimum Gasteiger partial charge on any atom is -0.404 e. The number of alkyl halides is 3. The van der Waals surface area contributed by atoms with Gasteiger partial charge < -0.3 is 10.1 Å². The largest absolute Gasteiger partial charge is 0.573 e. The fourth-order valence-electron chi connectivity index (χ4n) is 1.63. The number of benzene rings is 1. The maximum Gasteiger partial charge on any atom is 0.573 e. The second-order valence-corrected chi connectivity index (χ2v) is 4.35. The van der Waals surface area contributed by atoms with Gasteiger partial charge in [-0.2, -0.15) is 0 Å². The molecular formula is C14H10F4N2O2. The van der Waals surface area contributed by atoms with Crippen LogP contribution in [0.15, 0.2) is 36.5 Å². The molecule has 0 aliphatic rings. The van der Waals surface area contributed by atoms with Gasteiger partial charge in [0.15, 0.2) is 0 Å². The summed E-state index contributed by atoms with van der Waals surface area (Å²) in [6.07, 6.45) is -4.03. The summed E-state index contributed by atoms with van der Waals surface area (Å²) in [5.41, 5.74) is 0.595. The molecule has 1 aromatic heterocycles. The second-order valence-electron chi connectivity index (χ2n) is 4.35. The molecule has 2 aromatic rings. The van der Waals surface area contributed by atoms with Crippen molar-refractivity contribution in [3.63, 3.8) is 0 Å². The lowest BCUT2D eigenvalue weighted by Crippen LogP contribution is -2.18. The van der Waals surface area contributed by atoms with Gasteiger partial charge in [-0.05, 0) is 42.8 Å². The number of aryl methyl sites for hydroxylation is 1. The van der Waals surface area contributed by atoms with E-state index in [4.69, 9.17) is 0 Å². The molecule has 1 amide bonds. The molecule has 22 heavy (non-hydrogen) atoms. The zero-order valence-corrected chi connectivity index (χ0v) is 11.2. The molecule has 1 heterocycles. The van der Waals surface area contributed by atoms with Gasteiger partial charge >= 0.3 is 6.36 Å². The van der Waals surface area contributed by atoms with Crippen LogP contribution in [-0.4, -0.2) is 17.3 Å². The highest BCUT2D eigenvalue weighted by Gasteiger charge is 2.31. The highest BCUT2D eigenvalue weighted by molar-refractivity contribution is 6.02. The highest BCUT2D eigenvalue weighted by atomic mass is 19.4. The van der Waals surface area contributed by atoms with E-state index in [1.807, 2.05) is 0 Å². The summed E-state index contributed by atoms with van der Waals surface area (Å²) >= 11 is 0. The third-order valence-electron chi connectivity index (χ3n) is 2.62. The average Bonchev–Trinajstić information content (AvgIpc) is 2.42. The van der Waals surface area contributed by atoms with Crippen LogP contribution in [0.3, 0.4) is 0 Å². The van der Waals surface area contributed by atoms with Gasteiger partial charge in [0.25, 0.3) is 5.91 Å². The summed E-state index contributed by atoms with van der Waals surface area (Å²) in [6, 6.07) is 6.05. The fraction of sp³-hybridized carbons (Fsp3) is 0.143. The van der Waals surface area contributed by atoms with Crippen molar-refractivity contribution in [2.75, 3.05) is 5.32 Å². The Morgan fingerprint density at radius 3 is 2.50 bits per heavy atom. The standard InChI is InChI=1S/C14H10F4N2O2/c1-8-6-9(2-4-11(8)15)20-13(21)12-5-3-10(7-19-12)22-14(16,17)18/h2-7H,1H3,(H,20,21). The Bertz CT molecular complexity index is 684. The molecule has 0 atom stereocenters. The first kappa shape index (κ1) is 15.7. The number of nitrogens with zero attached hydrogens (tertiary/aromatic N) is 1. The summed E-state index contributed by atoms with van der Waals surface area (Å²) in [5.74, 6) is -1.57. The summed E-state index contributed by atoms with van der Waals surface area (Å²) in [5, 5.41) is 2.46. The van der Waals surface area contributed by atoms with E-state index < -0.39 is 23.8 Å². The van der Waals surface area contributed by atoms with Crippen LogP contribution in [0.2, 0.25) is 0 Å². The van der Waals surface area contributed by atoms with E-state index >= 15 is 0 Å². The van der Waals surface area contributed by atoms with Crippen LogP contribution in [0.1, 0.15) is 16.1 Å². The Kier molecular flexibility index (Phi) is 4.30. The number of carbonyl (C=O) groups excluding carboxylic acids is 1. The number of ether oxygens (including phenoxy) is 1. The molecule has 0 aliphatic heterocycles. The summed E-state index contributed by atoms with van der Waals surface area (Å²) in [6.45, 7) is 1.53. The van der Waals surface area contributed by atoms with Crippen LogP contribution in [-0.2, 0) is 0 Å². The Balaban J connectivity index is 2.08. The molecule has 0 saturated heterocycles. The molecule has 0 fully saturated rings. The first-order valence-electron chi connectivity index (χ1n) is 6.04. The van der Waals surface area contributed by atoms with Crippen LogP contribution in [0.4, 0.5) is 23.2 Å². The molecule has 0 radical (unpaired) electrons. The number of hydrogen-bond donors (Lipinski definition) is 1. The van der Waals surface area contributed by atoms with Gasteiger partial charge in [-0.15, -0.1) is 13.2 Å². The molecule has 116 valence electrons. The SMILES string of the molecule is Cc1cc(NC(=O)c2ccc(OC(F)(F)F)cn2)ccc1F. The first-order chi connectivity index (χ1) is 10.2. The lowest BCUT2D eigenvalue weighted by molar-refractivity contribution is -0.274. The van der Waals surface area contributed by atoms with Gasteiger partial charge in [-0.25, -0.2) is 9.37 Å². The maximum atomic E-state index is 13.1. The quantitative estimate of drug-likeness (QED) is 0.879. The lowest BCUT2D eigenvalue weighted by atomic mass is 10.2. The van der Waals surface area contributed by atoms with Crippen LogP contribution < -0.4 is 10.1 Å². The molecule has 0 saturated carbocycles. The summed E-state index contributed by atoms with van der Waals surface area (Å²) in [7, 11) is 0. The number of nitrogens with one attached hydrogen (secondary N) is 1. The van der Waals surface area contributed by atoms with Crippen molar-refractivity contribution in [3.8, 4) is 5.75 Å². The van der Waals surface area contributed by atoms with E-state index in [2.05, 4.69) is 15.0 Å². The average molecular weight is 314 g/mol. The predicted octanol–water partition coefficient (Wildman–Crippen LogP) is 3.68. The molecule has 0 aliphatic carbocycles. The Morgan fingerprint density at radius 1 is 1.23 bits per heavy atom. The van der Waals surface area contributed by atoms with Crippen LogP contribution in [0.25, 0.3) is 0 Å². The van der Waals surface area contributed by atoms with Crippen molar-refractivity contribution in [1.82, 2.24) is 4.98 Å². The van der Waals surface area contributed by atoms with E-state index in [9.17, 15) is 22.4 Å². The molecule has 0 bridgehead atoms. The van der Waals surface area contributed by atoms with Gasteiger partial charge in [0.05, 0.1) is 6.20 Å². The highest BCUT2D eigenvalue weighted by Crippen LogP contribution is 2.22. The Labute approximate surface area is 122 Å². The van der Waals surface area contributed by atoms with E-state index in [0.717, 1.165) is 18.3 Å². The van der Waals surface area contributed by atoms with E-state index in [-0.39, 0.29) is 5.69 Å². The minimum atomic E-state index is -4.82. The number of amides is 1. The third kappa shape index (κ3) is 4.18. The maximum absolute atomic E-state index is 13.1. The molecule has 1 aromatic carbocycles. The van der Waals surface area contributed by atoms with Crippen molar-refractivity contribution < 1.29 is 27.1 Å². The van der Waals surface area contributed by atoms with Crippen molar-refractivity contribution in [3.05, 3.63) is 53.6 Å². The summed E-state index contributed by atoms with van der Waals surface area (Å²) < 4.78 is 52.8. The summed E-state index contributed by atoms with van der Waals surface area (Å²) in [4.78, 5) is 15.5. The Morgan fingerprint density at radius 2 is 1.95 bits per heavy atom.